The van der Waals surface area contributed by atoms with Crippen molar-refractivity contribution in [3.05, 3.63) is 23.4 Å². The quantitative estimate of drug-likeness (QED) is 0.759. The number of amides is 1. The molecule has 1 aliphatic rings. The molecule has 1 unspecified atom stereocenters. The lowest BCUT2D eigenvalue weighted by Crippen LogP contribution is -2.40. The lowest BCUT2D eigenvalue weighted by Gasteiger charge is -2.32. The zero-order valence-corrected chi connectivity index (χ0v) is 15.4. The van der Waals surface area contributed by atoms with Gasteiger partial charge in [-0.1, -0.05) is 11.2 Å². The molecule has 2 aromatic rings. The van der Waals surface area contributed by atoms with Crippen molar-refractivity contribution >= 4 is 23.2 Å². The number of carboxylic acid groups (broad SMARTS) is 1. The molecule has 0 aliphatic carbocycles. The van der Waals surface area contributed by atoms with Crippen molar-refractivity contribution in [2.45, 2.75) is 44.9 Å². The Labute approximate surface area is 156 Å². The van der Waals surface area contributed by atoms with E-state index in [1.165, 1.54) is 0 Å². The van der Waals surface area contributed by atoms with Gasteiger partial charge in [-0.3, -0.25) is 9.59 Å². The minimum atomic E-state index is -0.769. The third-order valence-electron chi connectivity index (χ3n) is 4.63. The largest absolute Gasteiger partial charge is 0.481 e. The molecule has 2 aromatic heterocycles. The molecule has 0 spiro atoms. The molecule has 140 valence electrons. The van der Waals surface area contributed by atoms with E-state index in [0.717, 1.165) is 24.3 Å². The zero-order valence-electron chi connectivity index (χ0n) is 14.6. The molecule has 0 radical (unpaired) electrons. The van der Waals surface area contributed by atoms with E-state index < -0.39 is 5.97 Å². The van der Waals surface area contributed by atoms with Crippen molar-refractivity contribution in [3.63, 3.8) is 0 Å². The molecule has 7 nitrogen and oxygen atoms in total. The maximum atomic E-state index is 12.4. The van der Waals surface area contributed by atoms with Gasteiger partial charge >= 0.3 is 5.97 Å². The first-order chi connectivity index (χ1) is 12.6. The third-order valence-corrected chi connectivity index (χ3v) is 5.49. The summed E-state index contributed by atoms with van der Waals surface area (Å²) in [6.07, 6.45) is 4.47. The van der Waals surface area contributed by atoms with Crippen LogP contribution < -0.4 is 0 Å². The number of carbonyl (C=O) groups excluding carboxylic acids is 1. The smallest absolute Gasteiger partial charge is 0.303 e. The van der Waals surface area contributed by atoms with Crippen LogP contribution in [0.3, 0.4) is 0 Å². The minimum absolute atomic E-state index is 0.128. The van der Waals surface area contributed by atoms with Crippen LogP contribution in [-0.4, -0.2) is 45.1 Å². The lowest BCUT2D eigenvalue weighted by atomic mass is 9.93. The van der Waals surface area contributed by atoms with E-state index in [1.54, 1.807) is 11.3 Å². The first kappa shape index (κ1) is 18.6. The van der Waals surface area contributed by atoms with E-state index in [4.69, 9.17) is 9.63 Å². The highest BCUT2D eigenvalue weighted by Crippen LogP contribution is 2.23. The summed E-state index contributed by atoms with van der Waals surface area (Å²) in [5, 5.41) is 14.7. The number of aliphatic carboxylic acids is 1. The summed E-state index contributed by atoms with van der Waals surface area (Å²) >= 11 is 1.56. The van der Waals surface area contributed by atoms with Gasteiger partial charge in [0.2, 0.25) is 17.6 Å². The first-order valence-electron chi connectivity index (χ1n) is 8.98. The lowest BCUT2D eigenvalue weighted by molar-refractivity contribution is -0.137. The summed E-state index contributed by atoms with van der Waals surface area (Å²) < 4.78 is 5.25. The summed E-state index contributed by atoms with van der Waals surface area (Å²) in [6.45, 7) is 1.45. The second-order valence-electron chi connectivity index (χ2n) is 6.62. The van der Waals surface area contributed by atoms with E-state index in [-0.39, 0.29) is 12.3 Å². The molecule has 3 rings (SSSR count). The fourth-order valence-electron chi connectivity index (χ4n) is 3.27. The Kier molecular flexibility index (Phi) is 6.38. The van der Waals surface area contributed by atoms with Gasteiger partial charge < -0.3 is 14.5 Å². The fourth-order valence-corrected chi connectivity index (χ4v) is 3.92. The van der Waals surface area contributed by atoms with Crippen molar-refractivity contribution in [2.75, 3.05) is 13.1 Å². The molecule has 26 heavy (non-hydrogen) atoms. The van der Waals surface area contributed by atoms with Crippen molar-refractivity contribution in [3.8, 4) is 10.7 Å². The molecule has 1 aliphatic heterocycles. The highest BCUT2D eigenvalue weighted by molar-refractivity contribution is 7.13. The Morgan fingerprint density at radius 1 is 1.38 bits per heavy atom. The average molecular weight is 377 g/mol. The summed E-state index contributed by atoms with van der Waals surface area (Å²) in [4.78, 5) is 30.3. The molecule has 1 saturated heterocycles. The third kappa shape index (κ3) is 5.14. The van der Waals surface area contributed by atoms with Gasteiger partial charge in [0.1, 0.15) is 0 Å². The molecule has 0 aromatic carbocycles. The monoisotopic (exact) mass is 377 g/mol. The standard InChI is InChI=1S/C18H23N3O4S/c22-16(21-10-2-4-13(12-21)8-9-17(23)24)7-1-6-15-19-18(20-25-15)14-5-3-11-26-14/h3,5,11,13H,1-2,4,6-10,12H2,(H,23,24). The summed E-state index contributed by atoms with van der Waals surface area (Å²) in [6, 6.07) is 3.89. The van der Waals surface area contributed by atoms with Gasteiger partial charge in [-0.2, -0.15) is 4.98 Å². The maximum Gasteiger partial charge on any atom is 0.303 e. The fraction of sp³-hybridized carbons (Fsp3) is 0.556. The number of thiophene rings is 1. The Hall–Kier alpha value is -2.22. The molecule has 3 heterocycles. The topological polar surface area (TPSA) is 96.5 Å². The van der Waals surface area contributed by atoms with E-state index in [9.17, 15) is 9.59 Å². The van der Waals surface area contributed by atoms with Crippen LogP contribution in [0, 0.1) is 5.92 Å². The number of nitrogens with zero attached hydrogens (tertiary/aromatic N) is 3. The van der Waals surface area contributed by atoms with Crippen molar-refractivity contribution < 1.29 is 19.2 Å². The van der Waals surface area contributed by atoms with Crippen molar-refractivity contribution in [1.82, 2.24) is 15.0 Å². The average Bonchev–Trinajstić information content (AvgIpc) is 3.31. The first-order valence-corrected chi connectivity index (χ1v) is 9.86. The maximum absolute atomic E-state index is 12.4. The number of rotatable bonds is 8. The predicted molar refractivity (Wildman–Crippen MR) is 96.7 cm³/mol. The van der Waals surface area contributed by atoms with Gasteiger partial charge in [-0.05, 0) is 43.0 Å². The Balaban J connectivity index is 1.41. The SMILES string of the molecule is O=C(O)CCC1CCCN(C(=O)CCCc2nc(-c3cccs3)no2)C1. The second kappa shape index (κ2) is 8.93. The molecule has 0 saturated carbocycles. The molecule has 1 atom stereocenters. The van der Waals surface area contributed by atoms with Crippen LogP contribution in [0.15, 0.2) is 22.0 Å². The van der Waals surface area contributed by atoms with Crippen LogP contribution in [-0.2, 0) is 16.0 Å². The van der Waals surface area contributed by atoms with E-state index >= 15 is 0 Å². The predicted octanol–water partition coefficient (Wildman–Crippen LogP) is 3.22. The number of carboxylic acids is 1. The van der Waals surface area contributed by atoms with Crippen molar-refractivity contribution in [1.29, 1.82) is 0 Å². The normalized spacial score (nSPS) is 17.4. The van der Waals surface area contributed by atoms with Crippen LogP contribution >= 0.6 is 11.3 Å². The van der Waals surface area contributed by atoms with Crippen LogP contribution in [0.1, 0.15) is 44.4 Å². The molecule has 1 amide bonds. The van der Waals surface area contributed by atoms with Gasteiger partial charge in [0, 0.05) is 32.4 Å². The van der Waals surface area contributed by atoms with Gasteiger partial charge in [-0.15, -0.1) is 11.3 Å². The number of piperidine rings is 1. The number of hydrogen-bond acceptors (Lipinski definition) is 6. The molecular formula is C18H23N3O4S. The molecule has 1 fully saturated rings. The Bertz CT molecular complexity index is 729. The number of aryl methyl sites for hydroxylation is 1. The number of likely N-dealkylation sites (tertiary alicyclic amines) is 1. The second-order valence-corrected chi connectivity index (χ2v) is 7.57. The van der Waals surface area contributed by atoms with Crippen LogP contribution in [0.5, 0.6) is 0 Å². The highest BCUT2D eigenvalue weighted by Gasteiger charge is 2.23. The molecular weight excluding hydrogens is 354 g/mol. The van der Waals surface area contributed by atoms with Crippen LogP contribution in [0.2, 0.25) is 0 Å². The number of hydrogen-bond donors (Lipinski definition) is 1. The van der Waals surface area contributed by atoms with Crippen molar-refractivity contribution in [2.24, 2.45) is 5.92 Å². The van der Waals surface area contributed by atoms with Gasteiger partial charge in [0.05, 0.1) is 4.88 Å². The van der Waals surface area contributed by atoms with Crippen LogP contribution in [0.25, 0.3) is 10.7 Å². The van der Waals surface area contributed by atoms with Gasteiger partial charge in [-0.25, -0.2) is 0 Å². The zero-order chi connectivity index (χ0) is 18.4. The van der Waals surface area contributed by atoms with E-state index in [2.05, 4.69) is 10.1 Å². The summed E-state index contributed by atoms with van der Waals surface area (Å²) in [7, 11) is 0. The molecule has 1 N–H and O–H groups in total. The minimum Gasteiger partial charge on any atom is -0.481 e. The van der Waals surface area contributed by atoms with Gasteiger partial charge in [0.25, 0.3) is 0 Å². The molecule has 8 heteroatoms. The summed E-state index contributed by atoms with van der Waals surface area (Å²) in [5.41, 5.74) is 0. The molecule has 0 bridgehead atoms. The Morgan fingerprint density at radius 2 is 2.27 bits per heavy atom. The highest BCUT2D eigenvalue weighted by atomic mass is 32.1. The van der Waals surface area contributed by atoms with E-state index in [1.807, 2.05) is 22.4 Å². The van der Waals surface area contributed by atoms with E-state index in [0.29, 0.717) is 49.9 Å². The number of carbonyl (C=O) groups is 2. The van der Waals surface area contributed by atoms with Gasteiger partial charge in [0.15, 0.2) is 0 Å². The van der Waals surface area contributed by atoms with Crippen LogP contribution in [0.4, 0.5) is 0 Å². The summed E-state index contributed by atoms with van der Waals surface area (Å²) in [5.74, 6) is 0.809. The Morgan fingerprint density at radius 3 is 3.04 bits per heavy atom. The number of aromatic nitrogens is 2.